The second-order valence-electron chi connectivity index (χ2n) is 4.52. The maximum atomic E-state index is 5.57. The Balaban J connectivity index is 2.10. The molecule has 18 heavy (non-hydrogen) atoms. The number of aromatic nitrogens is 1. The molecule has 1 atom stereocenters. The Morgan fingerprint density at radius 3 is 3.00 bits per heavy atom. The third-order valence-corrected chi connectivity index (χ3v) is 4.22. The molecule has 4 heteroatoms. The fourth-order valence-electron chi connectivity index (χ4n) is 1.87. The third kappa shape index (κ3) is 3.64. The lowest BCUT2D eigenvalue weighted by Crippen LogP contribution is -2.07. The molecule has 2 N–H and O–H groups in total. The van der Waals surface area contributed by atoms with E-state index in [0.717, 1.165) is 29.6 Å². The molecule has 2 rings (SSSR count). The summed E-state index contributed by atoms with van der Waals surface area (Å²) >= 11 is 5.23. The zero-order chi connectivity index (χ0) is 13.0. The first kappa shape index (κ1) is 13.7. The van der Waals surface area contributed by atoms with Crippen molar-refractivity contribution in [3.05, 3.63) is 39.1 Å². The highest BCUT2D eigenvalue weighted by molar-refractivity contribution is 9.10. The van der Waals surface area contributed by atoms with Crippen LogP contribution in [-0.2, 0) is 6.42 Å². The van der Waals surface area contributed by atoms with E-state index in [9.17, 15) is 0 Å². The van der Waals surface area contributed by atoms with Crippen LogP contribution in [0.4, 0.5) is 0 Å². The largest absolute Gasteiger partial charge is 0.330 e. The fraction of sp³-hybridized carbons (Fsp3) is 0.357. The van der Waals surface area contributed by atoms with Crippen LogP contribution in [-0.4, -0.2) is 11.5 Å². The van der Waals surface area contributed by atoms with Gasteiger partial charge in [0.25, 0.3) is 0 Å². The Kier molecular flexibility index (Phi) is 4.92. The number of benzene rings is 1. The van der Waals surface area contributed by atoms with E-state index in [4.69, 9.17) is 10.7 Å². The van der Waals surface area contributed by atoms with Gasteiger partial charge in [-0.15, -0.1) is 11.3 Å². The third-order valence-electron chi connectivity index (χ3n) is 2.85. The standard InChI is InChI=1S/C14H17BrN2S/c1-10(5-6-16)7-14-17-13(9-18-14)11-3-2-4-12(15)8-11/h2-4,8-10H,5-7,16H2,1H3. The summed E-state index contributed by atoms with van der Waals surface area (Å²) in [6.45, 7) is 2.98. The van der Waals surface area contributed by atoms with Crippen molar-refractivity contribution in [3.8, 4) is 11.3 Å². The maximum Gasteiger partial charge on any atom is 0.0935 e. The van der Waals surface area contributed by atoms with Crippen LogP contribution in [0.5, 0.6) is 0 Å². The second kappa shape index (κ2) is 6.45. The molecule has 0 amide bonds. The van der Waals surface area contributed by atoms with Crippen LogP contribution in [0.15, 0.2) is 34.1 Å². The summed E-state index contributed by atoms with van der Waals surface area (Å²) in [7, 11) is 0. The molecule has 0 radical (unpaired) electrons. The van der Waals surface area contributed by atoms with Crippen LogP contribution < -0.4 is 5.73 Å². The second-order valence-corrected chi connectivity index (χ2v) is 6.38. The highest BCUT2D eigenvalue weighted by Crippen LogP contribution is 2.26. The smallest absolute Gasteiger partial charge is 0.0935 e. The normalized spacial score (nSPS) is 12.6. The van der Waals surface area contributed by atoms with Crippen molar-refractivity contribution in [1.82, 2.24) is 4.98 Å². The van der Waals surface area contributed by atoms with E-state index in [1.54, 1.807) is 11.3 Å². The molecule has 0 fully saturated rings. The van der Waals surface area contributed by atoms with Crippen LogP contribution in [0.2, 0.25) is 0 Å². The first-order valence-electron chi connectivity index (χ1n) is 6.09. The Hall–Kier alpha value is -0.710. The summed E-state index contributed by atoms with van der Waals surface area (Å²) in [6, 6.07) is 8.25. The van der Waals surface area contributed by atoms with Crippen molar-refractivity contribution in [2.24, 2.45) is 11.7 Å². The molecule has 0 spiro atoms. The summed E-state index contributed by atoms with van der Waals surface area (Å²) in [5.74, 6) is 0.608. The van der Waals surface area contributed by atoms with Crippen LogP contribution in [0.3, 0.4) is 0 Å². The fourth-order valence-corrected chi connectivity index (χ4v) is 3.24. The van der Waals surface area contributed by atoms with Crippen LogP contribution in [0, 0.1) is 5.92 Å². The number of nitrogens with zero attached hydrogens (tertiary/aromatic N) is 1. The van der Waals surface area contributed by atoms with Crippen molar-refractivity contribution in [1.29, 1.82) is 0 Å². The van der Waals surface area contributed by atoms with Crippen molar-refractivity contribution in [2.75, 3.05) is 6.54 Å². The predicted molar refractivity (Wildman–Crippen MR) is 81.8 cm³/mol. The molecule has 2 nitrogen and oxygen atoms in total. The first-order valence-corrected chi connectivity index (χ1v) is 7.76. The van der Waals surface area contributed by atoms with Gasteiger partial charge in [0.15, 0.2) is 0 Å². The SMILES string of the molecule is CC(CCN)Cc1nc(-c2cccc(Br)c2)cs1. The number of nitrogens with two attached hydrogens (primary N) is 1. The van der Waals surface area contributed by atoms with E-state index in [-0.39, 0.29) is 0 Å². The van der Waals surface area contributed by atoms with Crippen molar-refractivity contribution in [3.63, 3.8) is 0 Å². The Morgan fingerprint density at radius 2 is 2.28 bits per heavy atom. The summed E-state index contributed by atoms with van der Waals surface area (Å²) in [4.78, 5) is 4.70. The molecule has 1 heterocycles. The van der Waals surface area contributed by atoms with Gasteiger partial charge in [0.1, 0.15) is 0 Å². The molecule has 1 aromatic heterocycles. The minimum Gasteiger partial charge on any atom is -0.330 e. The number of halogens is 1. The predicted octanol–water partition coefficient (Wildman–Crippen LogP) is 4.10. The van der Waals surface area contributed by atoms with Crippen LogP contribution in [0.1, 0.15) is 18.4 Å². The van der Waals surface area contributed by atoms with E-state index < -0.39 is 0 Å². The van der Waals surface area contributed by atoms with E-state index in [1.807, 2.05) is 12.1 Å². The summed E-state index contributed by atoms with van der Waals surface area (Å²) < 4.78 is 1.09. The lowest BCUT2D eigenvalue weighted by atomic mass is 10.1. The van der Waals surface area contributed by atoms with Crippen molar-refractivity contribution >= 4 is 27.3 Å². The number of rotatable bonds is 5. The summed E-state index contributed by atoms with van der Waals surface area (Å²) in [5.41, 5.74) is 7.80. The molecular formula is C14H17BrN2S. The molecule has 96 valence electrons. The molecule has 1 aromatic carbocycles. The maximum absolute atomic E-state index is 5.57. The molecule has 0 bridgehead atoms. The molecule has 0 aliphatic carbocycles. The first-order chi connectivity index (χ1) is 8.69. The molecular weight excluding hydrogens is 308 g/mol. The monoisotopic (exact) mass is 324 g/mol. The van der Waals surface area contributed by atoms with Gasteiger partial charge in [-0.05, 0) is 31.0 Å². The summed E-state index contributed by atoms with van der Waals surface area (Å²) in [5, 5.41) is 3.33. The van der Waals surface area contributed by atoms with Gasteiger partial charge in [-0.3, -0.25) is 0 Å². The number of thiazole rings is 1. The zero-order valence-electron chi connectivity index (χ0n) is 10.4. The zero-order valence-corrected chi connectivity index (χ0v) is 12.8. The molecule has 2 aromatic rings. The molecule has 0 saturated carbocycles. The Morgan fingerprint density at radius 1 is 1.44 bits per heavy atom. The van der Waals surface area contributed by atoms with Gasteiger partial charge in [-0.25, -0.2) is 4.98 Å². The van der Waals surface area contributed by atoms with E-state index in [1.165, 1.54) is 10.6 Å². The summed E-state index contributed by atoms with van der Waals surface area (Å²) in [6.07, 6.45) is 2.08. The van der Waals surface area contributed by atoms with Gasteiger partial charge in [0, 0.05) is 21.8 Å². The van der Waals surface area contributed by atoms with Gasteiger partial charge in [0.05, 0.1) is 10.7 Å². The van der Waals surface area contributed by atoms with Crippen molar-refractivity contribution in [2.45, 2.75) is 19.8 Å². The van der Waals surface area contributed by atoms with Gasteiger partial charge >= 0.3 is 0 Å². The van der Waals surface area contributed by atoms with Gasteiger partial charge in [-0.1, -0.05) is 35.0 Å². The Bertz CT molecular complexity index is 510. The average Bonchev–Trinajstić information content (AvgIpc) is 2.78. The molecule has 0 saturated heterocycles. The number of hydrogen-bond donors (Lipinski definition) is 1. The van der Waals surface area contributed by atoms with Gasteiger partial charge in [0.2, 0.25) is 0 Å². The van der Waals surface area contributed by atoms with Crippen LogP contribution in [0.25, 0.3) is 11.3 Å². The number of hydrogen-bond acceptors (Lipinski definition) is 3. The Labute approximate surface area is 120 Å². The van der Waals surface area contributed by atoms with E-state index >= 15 is 0 Å². The van der Waals surface area contributed by atoms with Crippen molar-refractivity contribution < 1.29 is 0 Å². The topological polar surface area (TPSA) is 38.9 Å². The van der Waals surface area contributed by atoms with Gasteiger partial charge < -0.3 is 5.73 Å². The lowest BCUT2D eigenvalue weighted by Gasteiger charge is -2.06. The minimum absolute atomic E-state index is 0.608. The molecule has 0 aliphatic rings. The van der Waals surface area contributed by atoms with Gasteiger partial charge in [-0.2, -0.15) is 0 Å². The lowest BCUT2D eigenvalue weighted by molar-refractivity contribution is 0.537. The molecule has 1 unspecified atom stereocenters. The minimum atomic E-state index is 0.608. The quantitative estimate of drug-likeness (QED) is 0.899. The highest BCUT2D eigenvalue weighted by atomic mass is 79.9. The van der Waals surface area contributed by atoms with E-state index in [2.05, 4.69) is 40.4 Å². The van der Waals surface area contributed by atoms with Crippen LogP contribution >= 0.6 is 27.3 Å². The highest BCUT2D eigenvalue weighted by Gasteiger charge is 2.08. The molecule has 0 aliphatic heterocycles. The van der Waals surface area contributed by atoms with E-state index in [0.29, 0.717) is 5.92 Å². The average molecular weight is 325 g/mol.